The smallest absolute Gasteiger partial charge is 0.350 e. The Kier molecular flexibility index (Phi) is 5.75. The van der Waals surface area contributed by atoms with Gasteiger partial charge in [0.15, 0.2) is 5.82 Å². The second-order valence-corrected chi connectivity index (χ2v) is 8.23. The molecule has 0 bridgehead atoms. The number of aliphatic hydroxyl groups is 1. The molecule has 0 saturated heterocycles. The fourth-order valence-electron chi connectivity index (χ4n) is 4.01. The van der Waals surface area contributed by atoms with Gasteiger partial charge in [-0.05, 0) is 60.5 Å². The molecular formula is C24H24F2N4O3. The predicted octanol–water partition coefficient (Wildman–Crippen LogP) is 3.56. The summed E-state index contributed by atoms with van der Waals surface area (Å²) >= 11 is 0. The molecule has 2 aromatic heterocycles. The molecular weight excluding hydrogens is 430 g/mol. The van der Waals surface area contributed by atoms with Gasteiger partial charge in [-0.25, -0.2) is 13.6 Å². The van der Waals surface area contributed by atoms with Crippen LogP contribution in [-0.4, -0.2) is 24.0 Å². The summed E-state index contributed by atoms with van der Waals surface area (Å²) in [6.07, 6.45) is 1.56. The lowest BCUT2D eigenvalue weighted by molar-refractivity contribution is 0.264. The number of nitrogens with zero attached hydrogens (tertiary/aromatic N) is 4. The molecule has 9 heteroatoms. The van der Waals surface area contributed by atoms with Crippen LogP contribution in [0.3, 0.4) is 0 Å². The molecule has 0 aliphatic rings. The normalized spacial score (nSPS) is 11.6. The van der Waals surface area contributed by atoms with Gasteiger partial charge in [0.1, 0.15) is 23.9 Å². The topological polar surface area (TPSA) is 82.0 Å². The highest BCUT2D eigenvalue weighted by molar-refractivity contribution is 5.87. The SMILES string of the molecule is CCn1c(CO)nn(-c2cc3c(C(C)C)cn(-c4cc(C)ccc4F)c(=O)c3cc2F)c1=O. The Hall–Kier alpha value is -3.59. The summed E-state index contributed by atoms with van der Waals surface area (Å²) in [5, 5.41) is 14.1. The second kappa shape index (κ2) is 8.40. The Morgan fingerprint density at radius 2 is 1.76 bits per heavy atom. The molecule has 0 spiro atoms. The minimum absolute atomic E-state index is 0.0636. The average molecular weight is 454 g/mol. The van der Waals surface area contributed by atoms with Crippen molar-refractivity contribution in [3.8, 4) is 11.4 Å². The van der Waals surface area contributed by atoms with Gasteiger partial charge >= 0.3 is 5.69 Å². The molecule has 0 saturated carbocycles. The van der Waals surface area contributed by atoms with Gasteiger partial charge in [0, 0.05) is 12.7 Å². The van der Waals surface area contributed by atoms with Crippen molar-refractivity contribution in [1.29, 1.82) is 0 Å². The number of pyridine rings is 1. The Bertz CT molecular complexity index is 1500. The molecule has 1 N–H and O–H groups in total. The van der Waals surface area contributed by atoms with E-state index in [9.17, 15) is 19.1 Å². The Morgan fingerprint density at radius 1 is 1.03 bits per heavy atom. The van der Waals surface area contributed by atoms with Crippen LogP contribution in [0.1, 0.15) is 43.6 Å². The molecule has 33 heavy (non-hydrogen) atoms. The van der Waals surface area contributed by atoms with E-state index in [-0.39, 0.29) is 35.0 Å². The van der Waals surface area contributed by atoms with Crippen LogP contribution in [0.2, 0.25) is 0 Å². The van der Waals surface area contributed by atoms with E-state index >= 15 is 4.39 Å². The first-order valence-corrected chi connectivity index (χ1v) is 10.6. The highest BCUT2D eigenvalue weighted by Crippen LogP contribution is 2.28. The number of aryl methyl sites for hydroxylation is 1. The summed E-state index contributed by atoms with van der Waals surface area (Å²) < 4.78 is 33.1. The number of benzene rings is 2. The first-order valence-electron chi connectivity index (χ1n) is 10.6. The third-order valence-corrected chi connectivity index (χ3v) is 5.72. The Morgan fingerprint density at radius 3 is 2.36 bits per heavy atom. The molecule has 0 atom stereocenters. The van der Waals surface area contributed by atoms with E-state index in [4.69, 9.17) is 0 Å². The summed E-state index contributed by atoms with van der Waals surface area (Å²) in [4.78, 5) is 26.0. The summed E-state index contributed by atoms with van der Waals surface area (Å²) in [5.41, 5.74) is 0.232. The number of rotatable bonds is 5. The van der Waals surface area contributed by atoms with Gasteiger partial charge < -0.3 is 5.11 Å². The molecule has 0 aliphatic carbocycles. The van der Waals surface area contributed by atoms with Gasteiger partial charge in [-0.3, -0.25) is 13.9 Å². The van der Waals surface area contributed by atoms with Crippen molar-refractivity contribution < 1.29 is 13.9 Å². The zero-order chi connectivity index (χ0) is 24.0. The van der Waals surface area contributed by atoms with Crippen molar-refractivity contribution in [1.82, 2.24) is 18.9 Å². The van der Waals surface area contributed by atoms with Gasteiger partial charge in [-0.1, -0.05) is 19.9 Å². The average Bonchev–Trinajstić information content (AvgIpc) is 3.10. The van der Waals surface area contributed by atoms with E-state index in [0.717, 1.165) is 16.3 Å². The molecule has 0 radical (unpaired) electrons. The van der Waals surface area contributed by atoms with Crippen LogP contribution in [0.15, 0.2) is 46.1 Å². The number of aromatic nitrogens is 4. The van der Waals surface area contributed by atoms with Crippen molar-refractivity contribution in [3.05, 3.63) is 86.0 Å². The number of halogens is 2. The number of fused-ring (bicyclic) bond motifs is 1. The molecule has 0 amide bonds. The van der Waals surface area contributed by atoms with Crippen LogP contribution in [0, 0.1) is 18.6 Å². The Labute approximate surface area is 188 Å². The van der Waals surface area contributed by atoms with Crippen LogP contribution in [-0.2, 0) is 13.2 Å². The zero-order valence-electron chi connectivity index (χ0n) is 18.8. The largest absolute Gasteiger partial charge is 0.388 e. The molecule has 4 aromatic rings. The first-order chi connectivity index (χ1) is 15.7. The van der Waals surface area contributed by atoms with Crippen molar-refractivity contribution >= 4 is 10.8 Å². The van der Waals surface area contributed by atoms with E-state index in [1.165, 1.54) is 21.3 Å². The van der Waals surface area contributed by atoms with Crippen molar-refractivity contribution in [2.45, 2.75) is 46.8 Å². The van der Waals surface area contributed by atoms with Crippen LogP contribution in [0.5, 0.6) is 0 Å². The minimum Gasteiger partial charge on any atom is -0.388 e. The zero-order valence-corrected chi connectivity index (χ0v) is 18.8. The molecule has 7 nitrogen and oxygen atoms in total. The number of aliphatic hydroxyl groups excluding tert-OH is 1. The fourth-order valence-corrected chi connectivity index (χ4v) is 4.01. The third-order valence-electron chi connectivity index (χ3n) is 5.72. The van der Waals surface area contributed by atoms with Crippen LogP contribution >= 0.6 is 0 Å². The molecule has 2 heterocycles. The Balaban J connectivity index is 2.06. The maximum absolute atomic E-state index is 15.2. The quantitative estimate of drug-likeness (QED) is 0.500. The van der Waals surface area contributed by atoms with Crippen LogP contribution < -0.4 is 11.2 Å². The maximum Gasteiger partial charge on any atom is 0.350 e. The lowest BCUT2D eigenvalue weighted by Crippen LogP contribution is -2.25. The van der Waals surface area contributed by atoms with Gasteiger partial charge in [-0.15, -0.1) is 5.10 Å². The monoisotopic (exact) mass is 454 g/mol. The number of hydrogen-bond donors (Lipinski definition) is 1. The van der Waals surface area contributed by atoms with E-state index in [0.29, 0.717) is 10.9 Å². The van der Waals surface area contributed by atoms with Gasteiger partial charge in [0.05, 0.1) is 11.1 Å². The molecule has 0 aliphatic heterocycles. The molecule has 0 unspecified atom stereocenters. The minimum atomic E-state index is -0.830. The van der Waals surface area contributed by atoms with E-state index in [2.05, 4.69) is 5.10 Å². The standard InChI is InChI=1S/C24H24F2N4O3/c1-5-28-22(12-31)27-30(24(28)33)21-10-15-16(9-19(21)26)23(32)29(11-17(15)13(2)3)20-8-14(4)6-7-18(20)25/h6-11,13,31H,5,12H2,1-4H3. The third kappa shape index (κ3) is 3.68. The van der Waals surface area contributed by atoms with E-state index in [1.54, 1.807) is 32.2 Å². The van der Waals surface area contributed by atoms with Gasteiger partial charge in [0.25, 0.3) is 5.56 Å². The van der Waals surface area contributed by atoms with Crippen molar-refractivity contribution in [2.24, 2.45) is 0 Å². The maximum atomic E-state index is 15.2. The van der Waals surface area contributed by atoms with E-state index in [1.807, 2.05) is 13.8 Å². The molecule has 172 valence electrons. The highest BCUT2D eigenvalue weighted by Gasteiger charge is 2.21. The summed E-state index contributed by atoms with van der Waals surface area (Å²) in [6.45, 7) is 7.09. The predicted molar refractivity (Wildman–Crippen MR) is 121 cm³/mol. The van der Waals surface area contributed by atoms with Crippen LogP contribution in [0.25, 0.3) is 22.1 Å². The lowest BCUT2D eigenvalue weighted by Gasteiger charge is -2.16. The van der Waals surface area contributed by atoms with Gasteiger partial charge in [-0.2, -0.15) is 4.68 Å². The highest BCUT2D eigenvalue weighted by atomic mass is 19.1. The lowest BCUT2D eigenvalue weighted by atomic mass is 9.97. The molecule has 4 rings (SSSR count). The van der Waals surface area contributed by atoms with Crippen LogP contribution in [0.4, 0.5) is 8.78 Å². The van der Waals surface area contributed by atoms with Crippen molar-refractivity contribution in [2.75, 3.05) is 0 Å². The van der Waals surface area contributed by atoms with Crippen molar-refractivity contribution in [3.63, 3.8) is 0 Å². The summed E-state index contributed by atoms with van der Waals surface area (Å²) in [7, 11) is 0. The molecule has 0 fully saturated rings. The second-order valence-electron chi connectivity index (χ2n) is 8.23. The first kappa shape index (κ1) is 22.6. The summed E-state index contributed by atoms with van der Waals surface area (Å²) in [5.74, 6) is -1.38. The molecule has 2 aromatic carbocycles. The number of hydrogen-bond acceptors (Lipinski definition) is 4. The fraction of sp³-hybridized carbons (Fsp3) is 0.292. The van der Waals surface area contributed by atoms with E-state index < -0.39 is 29.5 Å². The summed E-state index contributed by atoms with van der Waals surface area (Å²) in [6, 6.07) is 6.92. The van der Waals surface area contributed by atoms with Gasteiger partial charge in [0.2, 0.25) is 0 Å².